The molecule has 4 aromatic rings. The lowest BCUT2D eigenvalue weighted by Gasteiger charge is -2.07. The second-order valence-corrected chi connectivity index (χ2v) is 7.64. The van der Waals surface area contributed by atoms with Gasteiger partial charge in [0.05, 0.1) is 11.1 Å². The molecule has 0 aliphatic rings. The molecule has 0 aliphatic heterocycles. The Kier molecular flexibility index (Phi) is 4.62. The summed E-state index contributed by atoms with van der Waals surface area (Å²) in [5, 5.41) is 7.43. The minimum absolute atomic E-state index is 0.0119. The summed E-state index contributed by atoms with van der Waals surface area (Å²) in [7, 11) is -3.96. The van der Waals surface area contributed by atoms with Gasteiger partial charge < -0.3 is 4.74 Å². The van der Waals surface area contributed by atoms with Gasteiger partial charge >= 0.3 is 0 Å². The molecular weight excluding hydrogens is 381 g/mol. The summed E-state index contributed by atoms with van der Waals surface area (Å²) in [5.74, 6) is 0.633. The molecule has 1 heterocycles. The minimum atomic E-state index is -3.96. The molecule has 0 unspecified atom stereocenters. The highest BCUT2D eigenvalue weighted by atomic mass is 32.2. The van der Waals surface area contributed by atoms with E-state index >= 15 is 0 Å². The summed E-state index contributed by atoms with van der Waals surface area (Å²) in [6, 6.07) is 21.0. The van der Waals surface area contributed by atoms with Gasteiger partial charge in [-0.2, -0.15) is 8.42 Å². The van der Waals surface area contributed by atoms with E-state index in [2.05, 4.69) is 10.3 Å². The molecule has 0 saturated heterocycles. The SMILES string of the molecule is O=S(=O)(c1ccc(Oc2ccccc2)cc1)n1cc(-c2ccccc2F)nn1. The van der Waals surface area contributed by atoms with Crippen LogP contribution in [0.1, 0.15) is 0 Å². The van der Waals surface area contributed by atoms with Crippen LogP contribution >= 0.6 is 0 Å². The second-order valence-electron chi connectivity index (χ2n) is 5.85. The van der Waals surface area contributed by atoms with Crippen molar-refractivity contribution in [3.05, 3.63) is 90.9 Å². The van der Waals surface area contributed by atoms with Crippen LogP contribution in [0.2, 0.25) is 0 Å². The second kappa shape index (κ2) is 7.24. The molecule has 0 atom stereocenters. The topological polar surface area (TPSA) is 74.1 Å². The Morgan fingerprint density at radius 1 is 0.821 bits per heavy atom. The summed E-state index contributed by atoms with van der Waals surface area (Å²) >= 11 is 0. The fraction of sp³-hybridized carbons (Fsp3) is 0. The molecule has 140 valence electrons. The molecule has 28 heavy (non-hydrogen) atoms. The largest absolute Gasteiger partial charge is 0.457 e. The maximum Gasteiger partial charge on any atom is 0.284 e. The summed E-state index contributed by atoms with van der Waals surface area (Å²) in [4.78, 5) is 0.0119. The Bertz CT molecular complexity index is 1210. The van der Waals surface area contributed by atoms with Crippen molar-refractivity contribution >= 4 is 10.0 Å². The van der Waals surface area contributed by atoms with Crippen molar-refractivity contribution in [1.29, 1.82) is 0 Å². The van der Waals surface area contributed by atoms with Crippen LogP contribution in [0.15, 0.2) is 90.0 Å². The van der Waals surface area contributed by atoms with Crippen LogP contribution in [0.5, 0.6) is 11.5 Å². The van der Waals surface area contributed by atoms with E-state index in [-0.39, 0.29) is 16.2 Å². The first-order valence-electron chi connectivity index (χ1n) is 8.30. The van der Waals surface area contributed by atoms with Crippen molar-refractivity contribution in [3.8, 4) is 22.8 Å². The first-order valence-corrected chi connectivity index (χ1v) is 9.74. The van der Waals surface area contributed by atoms with Crippen LogP contribution in [0, 0.1) is 5.82 Å². The van der Waals surface area contributed by atoms with Crippen molar-refractivity contribution in [2.75, 3.05) is 0 Å². The predicted octanol–water partition coefficient (Wildman–Crippen LogP) is 4.11. The Morgan fingerprint density at radius 3 is 2.18 bits per heavy atom. The molecular formula is C20H14FN3O3S. The van der Waals surface area contributed by atoms with Crippen LogP contribution in [-0.4, -0.2) is 22.8 Å². The van der Waals surface area contributed by atoms with E-state index < -0.39 is 15.8 Å². The predicted molar refractivity (Wildman–Crippen MR) is 101 cm³/mol. The molecule has 0 amide bonds. The third-order valence-electron chi connectivity index (χ3n) is 3.97. The average molecular weight is 395 g/mol. The van der Waals surface area contributed by atoms with Gasteiger partial charge in [-0.15, -0.1) is 9.19 Å². The number of aromatic nitrogens is 3. The van der Waals surface area contributed by atoms with Gasteiger partial charge in [-0.25, -0.2) is 4.39 Å². The van der Waals surface area contributed by atoms with Gasteiger partial charge in [0.2, 0.25) is 0 Å². The van der Waals surface area contributed by atoms with Gasteiger partial charge in [-0.3, -0.25) is 0 Å². The number of ether oxygens (including phenoxy) is 1. The summed E-state index contributed by atoms with van der Waals surface area (Å²) in [6.07, 6.45) is 1.18. The molecule has 0 aliphatic carbocycles. The highest BCUT2D eigenvalue weighted by Crippen LogP contribution is 2.25. The van der Waals surface area contributed by atoms with Gasteiger partial charge in [0.1, 0.15) is 23.0 Å². The zero-order chi connectivity index (χ0) is 19.6. The molecule has 8 heteroatoms. The smallest absolute Gasteiger partial charge is 0.284 e. The normalized spacial score (nSPS) is 11.3. The van der Waals surface area contributed by atoms with Gasteiger partial charge in [-0.1, -0.05) is 35.5 Å². The van der Waals surface area contributed by atoms with Gasteiger partial charge in [0.15, 0.2) is 0 Å². The molecule has 0 radical (unpaired) electrons. The maximum absolute atomic E-state index is 13.9. The van der Waals surface area contributed by atoms with Crippen molar-refractivity contribution in [2.45, 2.75) is 4.90 Å². The molecule has 0 saturated carbocycles. The van der Waals surface area contributed by atoms with Crippen molar-refractivity contribution in [3.63, 3.8) is 0 Å². The van der Waals surface area contributed by atoms with E-state index in [4.69, 9.17) is 4.74 Å². The number of hydrogen-bond donors (Lipinski definition) is 0. The average Bonchev–Trinajstić information content (AvgIpc) is 3.20. The third-order valence-corrected chi connectivity index (χ3v) is 5.51. The van der Waals surface area contributed by atoms with Gasteiger partial charge in [-0.05, 0) is 48.5 Å². The number of para-hydroxylation sites is 1. The Balaban J connectivity index is 1.60. The summed E-state index contributed by atoms with van der Waals surface area (Å²) in [6.45, 7) is 0. The Morgan fingerprint density at radius 2 is 1.46 bits per heavy atom. The summed E-state index contributed by atoms with van der Waals surface area (Å²) < 4.78 is 45.8. The molecule has 6 nitrogen and oxygen atoms in total. The van der Waals surface area contributed by atoms with Gasteiger partial charge in [0, 0.05) is 5.56 Å². The van der Waals surface area contributed by atoms with Crippen LogP contribution in [0.4, 0.5) is 4.39 Å². The van der Waals surface area contributed by atoms with E-state index in [0.717, 1.165) is 4.09 Å². The highest BCUT2D eigenvalue weighted by Gasteiger charge is 2.20. The van der Waals surface area contributed by atoms with Gasteiger partial charge in [0.25, 0.3) is 10.0 Å². The third kappa shape index (κ3) is 3.49. The van der Waals surface area contributed by atoms with E-state index in [9.17, 15) is 12.8 Å². The zero-order valence-corrected chi connectivity index (χ0v) is 15.3. The minimum Gasteiger partial charge on any atom is -0.457 e. The fourth-order valence-corrected chi connectivity index (χ4v) is 3.64. The Labute approximate surface area is 160 Å². The van der Waals surface area contributed by atoms with Crippen LogP contribution in [-0.2, 0) is 10.0 Å². The lowest BCUT2D eigenvalue weighted by molar-refractivity contribution is 0.482. The molecule has 1 aromatic heterocycles. The maximum atomic E-state index is 13.9. The van der Waals surface area contributed by atoms with Crippen molar-refractivity contribution in [1.82, 2.24) is 14.4 Å². The lowest BCUT2D eigenvalue weighted by Crippen LogP contribution is -2.13. The van der Waals surface area contributed by atoms with Crippen LogP contribution in [0.25, 0.3) is 11.3 Å². The zero-order valence-electron chi connectivity index (χ0n) is 14.4. The number of hydrogen-bond acceptors (Lipinski definition) is 5. The standard InChI is InChI=1S/C20H14FN3O3S/c21-19-9-5-4-8-18(19)20-14-24(23-22-20)28(25,26)17-12-10-16(11-13-17)27-15-6-2-1-3-7-15/h1-14H. The number of rotatable bonds is 5. The first-order chi connectivity index (χ1) is 13.5. The summed E-state index contributed by atoms with van der Waals surface area (Å²) in [5.41, 5.74) is 0.307. The van der Waals surface area contributed by atoms with E-state index in [1.165, 1.54) is 30.5 Å². The van der Waals surface area contributed by atoms with Crippen LogP contribution in [0.3, 0.4) is 0 Å². The molecule has 0 N–H and O–H groups in total. The monoisotopic (exact) mass is 395 g/mol. The number of benzene rings is 3. The van der Waals surface area contributed by atoms with Crippen molar-refractivity contribution < 1.29 is 17.5 Å². The van der Waals surface area contributed by atoms with E-state index in [0.29, 0.717) is 11.5 Å². The van der Waals surface area contributed by atoms with Crippen LogP contribution < -0.4 is 4.74 Å². The molecule has 3 aromatic carbocycles. The Hall–Kier alpha value is -3.52. The molecule has 0 fully saturated rings. The quantitative estimate of drug-likeness (QED) is 0.508. The van der Waals surface area contributed by atoms with Crippen molar-refractivity contribution in [2.24, 2.45) is 0 Å². The molecule has 0 bridgehead atoms. The lowest BCUT2D eigenvalue weighted by atomic mass is 10.1. The molecule has 4 rings (SSSR count). The molecule has 0 spiro atoms. The van der Waals surface area contributed by atoms with E-state index in [1.54, 1.807) is 36.4 Å². The number of nitrogens with zero attached hydrogens (tertiary/aromatic N) is 3. The fourth-order valence-electron chi connectivity index (χ4n) is 2.57. The first kappa shape index (κ1) is 17.9. The number of halogens is 1. The van der Waals surface area contributed by atoms with E-state index in [1.807, 2.05) is 18.2 Å². The highest BCUT2D eigenvalue weighted by molar-refractivity contribution is 7.89.